The monoisotopic (exact) mass is 425 g/mol. The number of non-ortho nitro benzene ring substituents is 1. The fourth-order valence-corrected chi connectivity index (χ4v) is 4.21. The van der Waals surface area contributed by atoms with Crippen molar-refractivity contribution in [3.8, 4) is 0 Å². The largest absolute Gasteiger partial charge is 0.356 e. The molecular formula is C17H23N5O4S2. The number of nitro benzene ring substituents is 1. The van der Waals surface area contributed by atoms with Crippen molar-refractivity contribution in [2.24, 2.45) is 4.99 Å². The van der Waals surface area contributed by atoms with E-state index in [0.717, 1.165) is 6.07 Å². The normalized spacial score (nSPS) is 13.1. The van der Waals surface area contributed by atoms with Crippen LogP contribution in [0.3, 0.4) is 0 Å². The van der Waals surface area contributed by atoms with Crippen LogP contribution in [0.5, 0.6) is 0 Å². The Bertz CT molecular complexity index is 913. The van der Waals surface area contributed by atoms with Crippen molar-refractivity contribution in [2.75, 3.05) is 26.7 Å². The van der Waals surface area contributed by atoms with Crippen molar-refractivity contribution >= 4 is 33.0 Å². The SMILES string of the molecule is CN=C(NCCNS(=O)(=O)c1cccc([N+](=O)[O-])c1)NCC(C)c1ccsc1. The van der Waals surface area contributed by atoms with Crippen LogP contribution in [-0.2, 0) is 10.0 Å². The van der Waals surface area contributed by atoms with Crippen LogP contribution in [0.4, 0.5) is 5.69 Å². The predicted octanol–water partition coefficient (Wildman–Crippen LogP) is 1.90. The molecule has 3 N–H and O–H groups in total. The minimum Gasteiger partial charge on any atom is -0.356 e. The Morgan fingerprint density at radius 2 is 2.07 bits per heavy atom. The predicted molar refractivity (Wildman–Crippen MR) is 110 cm³/mol. The van der Waals surface area contributed by atoms with E-state index in [4.69, 9.17) is 0 Å². The van der Waals surface area contributed by atoms with Crippen molar-refractivity contribution in [3.63, 3.8) is 0 Å². The van der Waals surface area contributed by atoms with E-state index in [1.165, 1.54) is 23.8 Å². The van der Waals surface area contributed by atoms with Crippen LogP contribution < -0.4 is 15.4 Å². The van der Waals surface area contributed by atoms with Gasteiger partial charge in [0.2, 0.25) is 10.0 Å². The molecule has 1 heterocycles. The number of guanidine groups is 1. The van der Waals surface area contributed by atoms with Gasteiger partial charge in [-0.25, -0.2) is 13.1 Å². The molecule has 11 heteroatoms. The molecule has 2 rings (SSSR count). The molecule has 0 aliphatic heterocycles. The summed E-state index contributed by atoms with van der Waals surface area (Å²) < 4.78 is 26.9. The fourth-order valence-electron chi connectivity index (χ4n) is 2.36. The summed E-state index contributed by atoms with van der Waals surface area (Å²) >= 11 is 1.65. The van der Waals surface area contributed by atoms with Crippen molar-refractivity contribution in [2.45, 2.75) is 17.7 Å². The summed E-state index contributed by atoms with van der Waals surface area (Å²) in [6.45, 7) is 3.21. The zero-order valence-corrected chi connectivity index (χ0v) is 17.2. The second-order valence-corrected chi connectivity index (χ2v) is 8.54. The number of rotatable bonds is 9. The summed E-state index contributed by atoms with van der Waals surface area (Å²) in [4.78, 5) is 14.1. The third kappa shape index (κ3) is 6.29. The topological polar surface area (TPSA) is 126 Å². The summed E-state index contributed by atoms with van der Waals surface area (Å²) in [5, 5.41) is 21.2. The highest BCUT2D eigenvalue weighted by atomic mass is 32.2. The van der Waals surface area contributed by atoms with Gasteiger partial charge in [0.05, 0.1) is 9.82 Å². The standard InChI is InChI=1S/C17H23N5O4S2/c1-13(14-6-9-27-12-14)11-20-17(18-2)19-7-8-21-28(25,26)16-5-3-4-15(10-16)22(23)24/h3-6,9-10,12-13,21H,7-8,11H2,1-2H3,(H2,18,19,20). The van der Waals surface area contributed by atoms with Crippen LogP contribution in [0.15, 0.2) is 51.0 Å². The molecule has 0 saturated carbocycles. The Morgan fingerprint density at radius 3 is 2.71 bits per heavy atom. The molecule has 0 bridgehead atoms. The maximum Gasteiger partial charge on any atom is 0.270 e. The molecule has 0 radical (unpaired) electrons. The van der Waals surface area contributed by atoms with E-state index in [2.05, 4.69) is 38.7 Å². The minimum atomic E-state index is -3.83. The Hall–Kier alpha value is -2.50. The van der Waals surface area contributed by atoms with Crippen molar-refractivity contribution in [1.29, 1.82) is 0 Å². The maximum absolute atomic E-state index is 12.3. The second-order valence-electron chi connectivity index (χ2n) is 5.99. The first kappa shape index (κ1) is 21.8. The minimum absolute atomic E-state index is 0.103. The molecule has 0 spiro atoms. The number of hydrogen-bond acceptors (Lipinski definition) is 6. The Kier molecular flexibility index (Phi) is 7.91. The van der Waals surface area contributed by atoms with Crippen molar-refractivity contribution in [1.82, 2.24) is 15.4 Å². The maximum atomic E-state index is 12.3. The molecule has 1 atom stereocenters. The first-order valence-corrected chi connectivity index (χ1v) is 11.0. The zero-order valence-electron chi connectivity index (χ0n) is 15.6. The highest BCUT2D eigenvalue weighted by Crippen LogP contribution is 2.17. The first-order valence-electron chi connectivity index (χ1n) is 8.54. The number of nitro groups is 1. The second kappa shape index (κ2) is 10.2. The summed E-state index contributed by atoms with van der Waals surface area (Å²) in [5.41, 5.74) is 0.975. The van der Waals surface area contributed by atoms with Crippen LogP contribution in [0.1, 0.15) is 18.4 Å². The van der Waals surface area contributed by atoms with Gasteiger partial charge < -0.3 is 10.6 Å². The smallest absolute Gasteiger partial charge is 0.270 e. The van der Waals surface area contributed by atoms with E-state index < -0.39 is 14.9 Å². The lowest BCUT2D eigenvalue weighted by Gasteiger charge is -2.15. The number of sulfonamides is 1. The lowest BCUT2D eigenvalue weighted by atomic mass is 10.1. The van der Waals surface area contributed by atoms with E-state index in [1.807, 2.05) is 5.38 Å². The molecule has 152 valence electrons. The molecule has 0 saturated heterocycles. The number of nitrogens with zero attached hydrogens (tertiary/aromatic N) is 2. The third-order valence-electron chi connectivity index (χ3n) is 3.96. The number of hydrogen-bond donors (Lipinski definition) is 3. The summed E-state index contributed by atoms with van der Waals surface area (Å²) in [7, 11) is -2.19. The fraction of sp³-hybridized carbons (Fsp3) is 0.353. The number of thiophene rings is 1. The number of nitrogens with one attached hydrogen (secondary N) is 3. The highest BCUT2D eigenvalue weighted by molar-refractivity contribution is 7.89. The molecule has 28 heavy (non-hydrogen) atoms. The third-order valence-corrected chi connectivity index (χ3v) is 6.12. The average molecular weight is 426 g/mol. The van der Waals surface area contributed by atoms with Crippen LogP contribution in [0.2, 0.25) is 0 Å². The highest BCUT2D eigenvalue weighted by Gasteiger charge is 2.17. The molecule has 1 aromatic carbocycles. The molecule has 0 amide bonds. The summed E-state index contributed by atoms with van der Waals surface area (Å²) in [6.07, 6.45) is 0. The van der Waals surface area contributed by atoms with E-state index in [1.54, 1.807) is 18.4 Å². The van der Waals surface area contributed by atoms with Gasteiger partial charge in [0.25, 0.3) is 5.69 Å². The number of benzene rings is 1. The Balaban J connectivity index is 1.80. The van der Waals surface area contributed by atoms with E-state index in [0.29, 0.717) is 25.0 Å². The Morgan fingerprint density at radius 1 is 1.29 bits per heavy atom. The van der Waals surface area contributed by atoms with Gasteiger partial charge in [0.15, 0.2) is 5.96 Å². The molecule has 1 unspecified atom stereocenters. The van der Waals surface area contributed by atoms with Gasteiger partial charge in [-0.3, -0.25) is 15.1 Å². The molecule has 2 aromatic rings. The van der Waals surface area contributed by atoms with Gasteiger partial charge in [0.1, 0.15) is 0 Å². The molecule has 9 nitrogen and oxygen atoms in total. The van der Waals surface area contributed by atoms with E-state index in [-0.39, 0.29) is 17.1 Å². The van der Waals surface area contributed by atoms with Crippen LogP contribution >= 0.6 is 11.3 Å². The van der Waals surface area contributed by atoms with Crippen LogP contribution in [-0.4, -0.2) is 46.0 Å². The van der Waals surface area contributed by atoms with Gasteiger partial charge >= 0.3 is 0 Å². The van der Waals surface area contributed by atoms with Gasteiger partial charge in [0, 0.05) is 38.8 Å². The molecular weight excluding hydrogens is 402 g/mol. The number of aliphatic imine (C=N–C) groups is 1. The molecule has 0 aliphatic rings. The van der Waals surface area contributed by atoms with Crippen LogP contribution in [0.25, 0.3) is 0 Å². The first-order chi connectivity index (χ1) is 13.3. The van der Waals surface area contributed by atoms with Crippen molar-refractivity contribution < 1.29 is 13.3 Å². The zero-order chi connectivity index (χ0) is 20.6. The van der Waals surface area contributed by atoms with Gasteiger partial charge in [-0.05, 0) is 34.4 Å². The molecule has 0 fully saturated rings. The average Bonchev–Trinajstić information content (AvgIpc) is 3.22. The van der Waals surface area contributed by atoms with Gasteiger partial charge in [-0.2, -0.15) is 11.3 Å². The molecule has 1 aromatic heterocycles. The summed E-state index contributed by atoms with van der Waals surface area (Å²) in [5.74, 6) is 0.883. The van der Waals surface area contributed by atoms with Crippen molar-refractivity contribution in [3.05, 3.63) is 56.8 Å². The lowest BCUT2D eigenvalue weighted by molar-refractivity contribution is -0.385. The lowest BCUT2D eigenvalue weighted by Crippen LogP contribution is -2.42. The van der Waals surface area contributed by atoms with E-state index >= 15 is 0 Å². The van der Waals surface area contributed by atoms with Crippen LogP contribution in [0, 0.1) is 10.1 Å². The Labute approximate surface area is 168 Å². The summed E-state index contributed by atoms with van der Waals surface area (Å²) in [6, 6.07) is 7.01. The van der Waals surface area contributed by atoms with Gasteiger partial charge in [-0.15, -0.1) is 0 Å². The quantitative estimate of drug-likeness (QED) is 0.185. The van der Waals surface area contributed by atoms with Gasteiger partial charge in [-0.1, -0.05) is 13.0 Å². The van der Waals surface area contributed by atoms with E-state index in [9.17, 15) is 18.5 Å². The molecule has 0 aliphatic carbocycles.